The zero-order valence-electron chi connectivity index (χ0n) is 17.3. The number of aromatic nitrogens is 3. The first-order valence-corrected chi connectivity index (χ1v) is 9.94. The molecule has 0 N–H and O–H groups in total. The van der Waals surface area contributed by atoms with Crippen LogP contribution in [-0.4, -0.2) is 40.7 Å². The summed E-state index contributed by atoms with van der Waals surface area (Å²) in [6.45, 7) is 4.93. The number of hydrogen-bond acceptors (Lipinski definition) is 5. The van der Waals surface area contributed by atoms with Gasteiger partial charge in [-0.05, 0) is 37.6 Å². The van der Waals surface area contributed by atoms with E-state index in [2.05, 4.69) is 9.97 Å². The lowest BCUT2D eigenvalue weighted by atomic mass is 10.0. The Hall–Kier alpha value is -3.32. The van der Waals surface area contributed by atoms with Gasteiger partial charge in [-0.1, -0.05) is 0 Å². The fourth-order valence-corrected chi connectivity index (χ4v) is 3.66. The van der Waals surface area contributed by atoms with Crippen LogP contribution in [0.25, 0.3) is 22.3 Å². The Morgan fingerprint density at radius 1 is 1.03 bits per heavy atom. The third-order valence-electron chi connectivity index (χ3n) is 5.26. The van der Waals surface area contributed by atoms with E-state index in [1.54, 1.807) is 41.2 Å². The van der Waals surface area contributed by atoms with Crippen LogP contribution in [-0.2, 0) is 16.0 Å². The molecule has 0 unspecified atom stereocenters. The van der Waals surface area contributed by atoms with Crippen LogP contribution in [0.3, 0.4) is 0 Å². The molecule has 3 aromatic heterocycles. The van der Waals surface area contributed by atoms with Gasteiger partial charge >= 0.3 is 0 Å². The van der Waals surface area contributed by atoms with Gasteiger partial charge in [-0.3, -0.25) is 19.5 Å². The molecule has 1 aliphatic heterocycles. The Bertz CT molecular complexity index is 1150. The fourth-order valence-electron chi connectivity index (χ4n) is 3.66. The van der Waals surface area contributed by atoms with Crippen molar-refractivity contribution < 1.29 is 9.53 Å². The van der Waals surface area contributed by atoms with E-state index in [-0.39, 0.29) is 17.5 Å². The molecule has 0 spiro atoms. The quantitative estimate of drug-likeness (QED) is 0.631. The predicted molar refractivity (Wildman–Crippen MR) is 115 cm³/mol. The summed E-state index contributed by atoms with van der Waals surface area (Å²) in [6, 6.07) is 7.51. The lowest BCUT2D eigenvalue weighted by Gasteiger charge is -2.16. The van der Waals surface area contributed by atoms with Crippen molar-refractivity contribution in [1.82, 2.24) is 14.5 Å². The first-order valence-electron chi connectivity index (χ1n) is 9.94. The minimum absolute atomic E-state index is 0.0246. The minimum atomic E-state index is -0.0246. The van der Waals surface area contributed by atoms with Gasteiger partial charge in [0.15, 0.2) is 0 Å². The molecule has 1 aliphatic rings. The Balaban J connectivity index is 1.67. The Labute approximate surface area is 175 Å². The molecule has 30 heavy (non-hydrogen) atoms. The van der Waals surface area contributed by atoms with E-state index in [1.807, 2.05) is 38.2 Å². The number of hydrogen-bond donors (Lipinski definition) is 0. The first kappa shape index (κ1) is 20.0. The molecule has 0 aliphatic carbocycles. The molecule has 4 rings (SSSR count). The van der Waals surface area contributed by atoms with Crippen molar-refractivity contribution in [3.05, 3.63) is 65.0 Å². The molecule has 154 valence electrons. The van der Waals surface area contributed by atoms with Crippen LogP contribution in [0, 0.1) is 0 Å². The number of rotatable bonds is 6. The van der Waals surface area contributed by atoms with Crippen LogP contribution in [0.1, 0.15) is 25.5 Å². The average molecular weight is 404 g/mol. The summed E-state index contributed by atoms with van der Waals surface area (Å²) < 4.78 is 6.80. The van der Waals surface area contributed by atoms with Crippen LogP contribution in [0.15, 0.2) is 53.8 Å². The van der Waals surface area contributed by atoms with Gasteiger partial charge in [-0.2, -0.15) is 0 Å². The zero-order valence-corrected chi connectivity index (χ0v) is 17.3. The van der Waals surface area contributed by atoms with Crippen molar-refractivity contribution in [2.24, 2.45) is 0 Å². The highest BCUT2D eigenvalue weighted by Gasteiger charge is 2.28. The van der Waals surface area contributed by atoms with E-state index in [0.717, 1.165) is 27.8 Å². The van der Waals surface area contributed by atoms with Gasteiger partial charge in [0, 0.05) is 66.3 Å². The van der Waals surface area contributed by atoms with Gasteiger partial charge in [0.1, 0.15) is 5.82 Å². The summed E-state index contributed by atoms with van der Waals surface area (Å²) in [5.74, 6) is 0.739. The van der Waals surface area contributed by atoms with Gasteiger partial charge in [0.2, 0.25) is 5.91 Å². The van der Waals surface area contributed by atoms with Crippen molar-refractivity contribution in [2.45, 2.75) is 26.3 Å². The van der Waals surface area contributed by atoms with Gasteiger partial charge in [0.05, 0.1) is 19.6 Å². The Kier molecular flexibility index (Phi) is 5.46. The summed E-state index contributed by atoms with van der Waals surface area (Å²) in [5.41, 5.74) is 4.54. The monoisotopic (exact) mass is 404 g/mol. The van der Waals surface area contributed by atoms with Crippen LogP contribution < -0.4 is 10.5 Å². The van der Waals surface area contributed by atoms with Gasteiger partial charge in [-0.25, -0.2) is 4.98 Å². The second-order valence-electron chi connectivity index (χ2n) is 7.64. The summed E-state index contributed by atoms with van der Waals surface area (Å²) in [4.78, 5) is 35.0. The average Bonchev–Trinajstić information content (AvgIpc) is 3.06. The van der Waals surface area contributed by atoms with Crippen molar-refractivity contribution in [3.63, 3.8) is 0 Å². The summed E-state index contributed by atoms with van der Waals surface area (Å²) in [5, 5.41) is 0. The molecule has 7 nitrogen and oxygen atoms in total. The molecule has 0 bridgehead atoms. The Morgan fingerprint density at radius 2 is 1.77 bits per heavy atom. The number of carbonyl (C=O) groups is 1. The van der Waals surface area contributed by atoms with Crippen molar-refractivity contribution in [1.29, 1.82) is 0 Å². The number of pyridine rings is 3. The lowest BCUT2D eigenvalue weighted by molar-refractivity contribution is -0.117. The highest BCUT2D eigenvalue weighted by Crippen LogP contribution is 2.31. The van der Waals surface area contributed by atoms with Gasteiger partial charge in [-0.15, -0.1) is 0 Å². The molecule has 0 radical (unpaired) electrons. The third-order valence-corrected chi connectivity index (χ3v) is 5.26. The van der Waals surface area contributed by atoms with E-state index in [4.69, 9.17) is 4.74 Å². The summed E-state index contributed by atoms with van der Waals surface area (Å²) >= 11 is 0. The minimum Gasteiger partial charge on any atom is -0.383 e. The molecule has 0 fully saturated rings. The number of ether oxygens (including phenoxy) is 1. The molecular weight excluding hydrogens is 380 g/mol. The number of carbonyl (C=O) groups excluding carboxylic acids is 1. The predicted octanol–water partition coefficient (Wildman–Crippen LogP) is 3.09. The van der Waals surface area contributed by atoms with Crippen LogP contribution in [0.2, 0.25) is 0 Å². The van der Waals surface area contributed by atoms with Gasteiger partial charge in [0.25, 0.3) is 5.56 Å². The van der Waals surface area contributed by atoms with Crippen molar-refractivity contribution >= 4 is 11.7 Å². The van der Waals surface area contributed by atoms with Crippen LogP contribution in [0.5, 0.6) is 0 Å². The maximum atomic E-state index is 12.3. The molecule has 0 aromatic carbocycles. The number of anilines is 1. The van der Waals surface area contributed by atoms with Crippen molar-refractivity contribution in [3.8, 4) is 22.3 Å². The molecule has 3 aromatic rings. The molecule has 0 saturated heterocycles. The normalized spacial score (nSPS) is 13.2. The fraction of sp³-hybridized carbons (Fsp3) is 0.304. The largest absolute Gasteiger partial charge is 0.383 e. The van der Waals surface area contributed by atoms with E-state index < -0.39 is 0 Å². The maximum Gasteiger partial charge on any atom is 0.250 e. The highest BCUT2D eigenvalue weighted by molar-refractivity contribution is 6.00. The van der Waals surface area contributed by atoms with Gasteiger partial charge < -0.3 is 9.30 Å². The second-order valence-corrected chi connectivity index (χ2v) is 7.64. The SMILES string of the molecule is COCCN1C(=O)Cc2cc(-c3cncc(-c4ccc(=O)n(C(C)C)c4)c3)cnc21. The summed E-state index contributed by atoms with van der Waals surface area (Å²) in [6.07, 6.45) is 7.54. The van der Waals surface area contributed by atoms with E-state index in [1.165, 1.54) is 0 Å². The third kappa shape index (κ3) is 3.76. The number of fused-ring (bicyclic) bond motifs is 1. The zero-order chi connectivity index (χ0) is 21.3. The smallest absolute Gasteiger partial charge is 0.250 e. The molecule has 0 atom stereocenters. The van der Waals surface area contributed by atoms with E-state index in [9.17, 15) is 9.59 Å². The van der Waals surface area contributed by atoms with Crippen LogP contribution >= 0.6 is 0 Å². The first-order chi connectivity index (χ1) is 14.5. The molecule has 7 heteroatoms. The van der Waals surface area contributed by atoms with E-state index in [0.29, 0.717) is 25.4 Å². The second kappa shape index (κ2) is 8.20. The summed E-state index contributed by atoms with van der Waals surface area (Å²) in [7, 11) is 1.62. The molecule has 1 amide bonds. The Morgan fingerprint density at radius 3 is 2.50 bits per heavy atom. The van der Waals surface area contributed by atoms with Crippen molar-refractivity contribution in [2.75, 3.05) is 25.2 Å². The molecule has 4 heterocycles. The van der Waals surface area contributed by atoms with E-state index >= 15 is 0 Å². The topological polar surface area (TPSA) is 77.3 Å². The lowest BCUT2D eigenvalue weighted by Crippen LogP contribution is -2.30. The van der Waals surface area contributed by atoms with Crippen LogP contribution in [0.4, 0.5) is 5.82 Å². The maximum absolute atomic E-state index is 12.3. The number of methoxy groups -OCH3 is 1. The highest BCUT2D eigenvalue weighted by atomic mass is 16.5. The molecular formula is C23H24N4O3. The number of nitrogens with zero attached hydrogens (tertiary/aromatic N) is 4. The number of amides is 1. The standard InChI is InChI=1S/C23H24N4O3/c1-15(2)27-14-16(4-5-21(27)28)18-9-19(12-24-11-18)20-8-17-10-22(29)26(6-7-30-3)23(17)25-13-20/h4-5,8-9,11-15H,6-7,10H2,1-3H3. The molecule has 0 saturated carbocycles.